The third-order valence-corrected chi connectivity index (χ3v) is 4.43. The second-order valence-electron chi connectivity index (χ2n) is 4.25. The van der Waals surface area contributed by atoms with Crippen LogP contribution in [0.4, 0.5) is 5.69 Å². The number of carbonyl (C=O) groups excluding carboxylic acids is 1. The van der Waals surface area contributed by atoms with Gasteiger partial charge in [0.15, 0.2) is 0 Å². The molecule has 20 heavy (non-hydrogen) atoms. The minimum absolute atomic E-state index is 0.0579. The number of benzene rings is 1. The highest BCUT2D eigenvalue weighted by molar-refractivity contribution is 9.10. The molecule has 2 rings (SSSR count). The van der Waals surface area contributed by atoms with Crippen LogP contribution in [0.25, 0.3) is 0 Å². The minimum atomic E-state index is -0.0579. The molecule has 1 N–H and O–H groups in total. The zero-order valence-electron chi connectivity index (χ0n) is 11.0. The Kier molecular flexibility index (Phi) is 5.57. The van der Waals surface area contributed by atoms with Crippen molar-refractivity contribution in [3.8, 4) is 0 Å². The lowest BCUT2D eigenvalue weighted by atomic mass is 10.1. The number of nitrogens with zero attached hydrogens (tertiary/aromatic N) is 1. The first-order chi connectivity index (χ1) is 9.62. The third kappa shape index (κ3) is 4.04. The van der Waals surface area contributed by atoms with E-state index in [-0.39, 0.29) is 12.3 Å². The van der Waals surface area contributed by atoms with Crippen molar-refractivity contribution in [2.75, 3.05) is 5.32 Å². The molecule has 1 aromatic carbocycles. The van der Waals surface area contributed by atoms with E-state index in [0.717, 1.165) is 32.8 Å². The van der Waals surface area contributed by atoms with Crippen LogP contribution in [0.2, 0.25) is 0 Å². The first-order valence-corrected chi connectivity index (χ1v) is 8.40. The molecular formula is C14H14BrClN2OS. The number of thiazole rings is 1. The Morgan fingerprint density at radius 2 is 2.30 bits per heavy atom. The molecule has 0 aliphatic carbocycles. The Bertz CT molecular complexity index is 615. The highest BCUT2D eigenvalue weighted by atomic mass is 79.9. The molecule has 2 aromatic rings. The van der Waals surface area contributed by atoms with Gasteiger partial charge in [-0.1, -0.05) is 22.9 Å². The van der Waals surface area contributed by atoms with Gasteiger partial charge in [0, 0.05) is 15.5 Å². The summed E-state index contributed by atoms with van der Waals surface area (Å²) in [4.78, 5) is 16.3. The number of hydrogen-bond acceptors (Lipinski definition) is 3. The zero-order valence-corrected chi connectivity index (χ0v) is 14.1. The van der Waals surface area contributed by atoms with Crippen molar-refractivity contribution in [1.29, 1.82) is 0 Å². The minimum Gasteiger partial charge on any atom is -0.325 e. The fraction of sp³-hybridized carbons (Fsp3) is 0.286. The summed E-state index contributed by atoms with van der Waals surface area (Å²) in [6, 6.07) is 5.85. The van der Waals surface area contributed by atoms with Gasteiger partial charge in [-0.05, 0) is 30.2 Å². The first kappa shape index (κ1) is 15.5. The molecule has 0 saturated carbocycles. The lowest BCUT2D eigenvalue weighted by Gasteiger charge is -2.09. The fourth-order valence-electron chi connectivity index (χ4n) is 1.80. The molecule has 0 saturated heterocycles. The van der Waals surface area contributed by atoms with Crippen LogP contribution in [0.15, 0.2) is 28.1 Å². The molecule has 106 valence electrons. The SMILES string of the molecule is CCc1cc(Br)ccc1NC(=O)Cc1nc(CCl)cs1. The molecule has 0 radical (unpaired) electrons. The van der Waals surface area contributed by atoms with E-state index in [4.69, 9.17) is 11.6 Å². The molecule has 6 heteroatoms. The number of aromatic nitrogens is 1. The number of hydrogen-bond donors (Lipinski definition) is 1. The van der Waals surface area contributed by atoms with Crippen LogP contribution in [0.1, 0.15) is 23.2 Å². The summed E-state index contributed by atoms with van der Waals surface area (Å²) < 4.78 is 1.01. The van der Waals surface area contributed by atoms with Gasteiger partial charge >= 0.3 is 0 Å². The normalized spacial score (nSPS) is 10.6. The number of halogens is 2. The Balaban J connectivity index is 2.04. The molecule has 1 aromatic heterocycles. The van der Waals surface area contributed by atoms with Gasteiger partial charge in [0.2, 0.25) is 5.91 Å². The van der Waals surface area contributed by atoms with Crippen molar-refractivity contribution in [2.24, 2.45) is 0 Å². The third-order valence-electron chi connectivity index (χ3n) is 2.77. The number of nitrogens with one attached hydrogen (secondary N) is 1. The van der Waals surface area contributed by atoms with Gasteiger partial charge in [0.05, 0.1) is 18.0 Å². The zero-order chi connectivity index (χ0) is 14.5. The van der Waals surface area contributed by atoms with Gasteiger partial charge < -0.3 is 5.32 Å². The first-order valence-electron chi connectivity index (χ1n) is 6.20. The number of carbonyl (C=O) groups is 1. The summed E-state index contributed by atoms with van der Waals surface area (Å²) in [5.74, 6) is 0.322. The summed E-state index contributed by atoms with van der Waals surface area (Å²) in [6.45, 7) is 2.06. The van der Waals surface area contributed by atoms with Crippen LogP contribution in [0.3, 0.4) is 0 Å². The second kappa shape index (κ2) is 7.20. The van der Waals surface area contributed by atoms with Crippen LogP contribution >= 0.6 is 38.9 Å². The van der Waals surface area contributed by atoms with Crippen LogP contribution in [0, 0.1) is 0 Å². The molecule has 0 unspecified atom stereocenters. The number of amides is 1. The summed E-state index contributed by atoms with van der Waals surface area (Å²) >= 11 is 10.6. The van der Waals surface area contributed by atoms with Crippen LogP contribution in [0.5, 0.6) is 0 Å². The highest BCUT2D eigenvalue weighted by Gasteiger charge is 2.10. The smallest absolute Gasteiger partial charge is 0.231 e. The monoisotopic (exact) mass is 372 g/mol. The molecule has 0 fully saturated rings. The maximum absolute atomic E-state index is 12.0. The number of aryl methyl sites for hydroxylation is 1. The fourth-order valence-corrected chi connectivity index (χ4v) is 3.23. The highest BCUT2D eigenvalue weighted by Crippen LogP contribution is 2.22. The largest absolute Gasteiger partial charge is 0.325 e. The summed E-state index contributed by atoms with van der Waals surface area (Å²) in [7, 11) is 0. The quantitative estimate of drug-likeness (QED) is 0.790. The molecule has 1 amide bonds. The molecule has 0 bridgehead atoms. The molecule has 0 atom stereocenters. The molecule has 1 heterocycles. The van der Waals surface area contributed by atoms with E-state index >= 15 is 0 Å². The summed E-state index contributed by atoms with van der Waals surface area (Å²) in [5, 5.41) is 5.61. The lowest BCUT2D eigenvalue weighted by molar-refractivity contribution is -0.115. The predicted molar refractivity (Wildman–Crippen MR) is 87.5 cm³/mol. The summed E-state index contributed by atoms with van der Waals surface area (Å²) in [5.41, 5.74) is 2.78. The average molecular weight is 374 g/mol. The van der Waals surface area contributed by atoms with E-state index in [0.29, 0.717) is 5.88 Å². The Morgan fingerprint density at radius 3 is 2.95 bits per heavy atom. The van der Waals surface area contributed by atoms with Crippen molar-refractivity contribution < 1.29 is 4.79 Å². The van der Waals surface area contributed by atoms with Crippen molar-refractivity contribution in [2.45, 2.75) is 25.6 Å². The van der Waals surface area contributed by atoms with Gasteiger partial charge in [-0.25, -0.2) is 4.98 Å². The Hall–Kier alpha value is -0.910. The van der Waals surface area contributed by atoms with Gasteiger partial charge in [-0.2, -0.15) is 0 Å². The van der Waals surface area contributed by atoms with E-state index in [9.17, 15) is 4.79 Å². The average Bonchev–Trinajstić information content (AvgIpc) is 2.88. The van der Waals surface area contributed by atoms with Gasteiger partial charge in [0.25, 0.3) is 0 Å². The Morgan fingerprint density at radius 1 is 1.50 bits per heavy atom. The van der Waals surface area contributed by atoms with E-state index in [2.05, 4.69) is 33.2 Å². The van der Waals surface area contributed by atoms with Crippen molar-refractivity contribution in [1.82, 2.24) is 4.98 Å². The van der Waals surface area contributed by atoms with E-state index in [1.807, 2.05) is 23.6 Å². The summed E-state index contributed by atoms with van der Waals surface area (Å²) in [6.07, 6.45) is 1.14. The maximum Gasteiger partial charge on any atom is 0.231 e. The molecule has 3 nitrogen and oxygen atoms in total. The number of alkyl halides is 1. The van der Waals surface area contributed by atoms with Gasteiger partial charge in [-0.3, -0.25) is 4.79 Å². The van der Waals surface area contributed by atoms with E-state index in [1.54, 1.807) is 0 Å². The predicted octanol–water partition coefficient (Wildman–Crippen LogP) is 4.39. The second-order valence-corrected chi connectivity index (χ2v) is 6.37. The van der Waals surface area contributed by atoms with Crippen LogP contribution < -0.4 is 5.32 Å². The van der Waals surface area contributed by atoms with E-state index < -0.39 is 0 Å². The molecule has 0 aliphatic rings. The Labute approximate surface area is 135 Å². The van der Waals surface area contributed by atoms with Crippen molar-refractivity contribution in [3.63, 3.8) is 0 Å². The molecule has 0 aliphatic heterocycles. The van der Waals surface area contributed by atoms with Crippen molar-refractivity contribution in [3.05, 3.63) is 44.3 Å². The molecule has 0 spiro atoms. The molecular weight excluding hydrogens is 360 g/mol. The lowest BCUT2D eigenvalue weighted by Crippen LogP contribution is -2.15. The van der Waals surface area contributed by atoms with Crippen LogP contribution in [-0.4, -0.2) is 10.9 Å². The topological polar surface area (TPSA) is 42.0 Å². The van der Waals surface area contributed by atoms with Crippen molar-refractivity contribution >= 4 is 50.5 Å². The van der Waals surface area contributed by atoms with Crippen LogP contribution in [-0.2, 0) is 23.5 Å². The standard InChI is InChI=1S/C14H14BrClN2OS/c1-2-9-5-10(15)3-4-12(9)18-13(19)6-14-17-11(7-16)8-20-14/h3-5,8H,2,6-7H2,1H3,(H,18,19). The number of rotatable bonds is 5. The van der Waals surface area contributed by atoms with Gasteiger partial charge in [0.1, 0.15) is 5.01 Å². The van der Waals surface area contributed by atoms with Gasteiger partial charge in [-0.15, -0.1) is 22.9 Å². The number of anilines is 1. The maximum atomic E-state index is 12.0. The van der Waals surface area contributed by atoms with E-state index in [1.165, 1.54) is 11.3 Å².